The Hall–Kier alpha value is -2.44. The topological polar surface area (TPSA) is 53.0 Å². The second kappa shape index (κ2) is 8.24. The molecular weight excluding hydrogens is 395 g/mol. The van der Waals surface area contributed by atoms with Crippen LogP contribution < -0.4 is 4.90 Å². The molecule has 5 nitrogen and oxygen atoms in total. The molecule has 0 spiro atoms. The normalized spacial score (nSPS) is 26.0. The van der Waals surface area contributed by atoms with Crippen molar-refractivity contribution in [1.82, 2.24) is 4.90 Å². The summed E-state index contributed by atoms with van der Waals surface area (Å²) in [6, 6.07) is 12.7. The monoisotopic (exact) mass is 424 g/mol. The molecule has 2 aromatic rings. The number of halogens is 1. The number of ether oxygens (including phenoxy) is 1. The molecule has 3 heterocycles. The van der Waals surface area contributed by atoms with Gasteiger partial charge in [-0.3, -0.25) is 4.79 Å². The number of rotatable bonds is 3. The van der Waals surface area contributed by atoms with Crippen LogP contribution in [0.15, 0.2) is 42.5 Å². The van der Waals surface area contributed by atoms with E-state index in [0.717, 1.165) is 48.2 Å². The molecular formula is C25H29FN2O3. The van der Waals surface area contributed by atoms with Crippen molar-refractivity contribution >= 4 is 11.6 Å². The second-order valence-corrected chi connectivity index (χ2v) is 8.96. The molecule has 3 atom stereocenters. The van der Waals surface area contributed by atoms with Gasteiger partial charge < -0.3 is 19.6 Å². The van der Waals surface area contributed by atoms with E-state index in [4.69, 9.17) is 4.74 Å². The number of fused-ring (bicyclic) bond motifs is 3. The Labute approximate surface area is 182 Å². The lowest BCUT2D eigenvalue weighted by Crippen LogP contribution is -2.49. The summed E-state index contributed by atoms with van der Waals surface area (Å²) in [5.41, 5.74) is 4.14. The van der Waals surface area contributed by atoms with Gasteiger partial charge in [-0.05, 0) is 60.2 Å². The minimum absolute atomic E-state index is 0.0124. The Morgan fingerprint density at radius 3 is 2.52 bits per heavy atom. The highest BCUT2D eigenvalue weighted by Crippen LogP contribution is 2.50. The van der Waals surface area contributed by atoms with Crippen molar-refractivity contribution in [2.45, 2.75) is 31.3 Å². The number of carbonyl (C=O) groups excluding carboxylic acids is 1. The maximum Gasteiger partial charge on any atom is 0.226 e. The van der Waals surface area contributed by atoms with Crippen molar-refractivity contribution in [2.75, 3.05) is 38.3 Å². The highest BCUT2D eigenvalue weighted by Gasteiger charge is 2.48. The Kier molecular flexibility index (Phi) is 5.44. The van der Waals surface area contributed by atoms with Crippen LogP contribution >= 0.6 is 0 Å². The Morgan fingerprint density at radius 2 is 1.81 bits per heavy atom. The van der Waals surface area contributed by atoms with E-state index in [-0.39, 0.29) is 42.3 Å². The number of likely N-dealkylation sites (N-methyl/N-ethyl adjacent to an activating group) is 1. The molecule has 1 amide bonds. The number of aliphatic hydroxyl groups excluding tert-OH is 1. The van der Waals surface area contributed by atoms with Crippen LogP contribution in [0.3, 0.4) is 0 Å². The predicted octanol–water partition coefficient (Wildman–Crippen LogP) is 3.62. The first kappa shape index (κ1) is 20.5. The summed E-state index contributed by atoms with van der Waals surface area (Å²) in [5.74, 6) is 0.171. The van der Waals surface area contributed by atoms with E-state index in [2.05, 4.69) is 21.9 Å². The number of aliphatic hydroxyl groups is 1. The molecule has 0 radical (unpaired) electrons. The maximum absolute atomic E-state index is 13.5. The molecule has 0 aromatic heterocycles. The summed E-state index contributed by atoms with van der Waals surface area (Å²) in [6.07, 6.45) is 2.44. The summed E-state index contributed by atoms with van der Waals surface area (Å²) >= 11 is 0. The van der Waals surface area contributed by atoms with Gasteiger partial charge in [0.2, 0.25) is 5.91 Å². The standard InChI is InChI=1S/C25H29FN2O3/c1-27-22-7-4-18(16-2-5-19(26)6-3-16)14-21(22)24-20(23(27)15-29)8-11-28(24)25(30)17-9-12-31-13-10-17/h2-7,14,17,20,23-24,29H,8-13,15H2,1H3/t20-,23+,24-/m1/s1. The van der Waals surface area contributed by atoms with Crippen molar-refractivity contribution in [2.24, 2.45) is 11.8 Å². The third-order valence-electron chi connectivity index (χ3n) is 7.38. The molecule has 0 saturated carbocycles. The van der Waals surface area contributed by atoms with Crippen LogP contribution in [0.25, 0.3) is 11.1 Å². The number of amides is 1. The predicted molar refractivity (Wildman–Crippen MR) is 117 cm³/mol. The van der Waals surface area contributed by atoms with Gasteiger partial charge in [-0.1, -0.05) is 18.2 Å². The molecule has 2 aromatic carbocycles. The fourth-order valence-corrected chi connectivity index (χ4v) is 5.70. The van der Waals surface area contributed by atoms with E-state index >= 15 is 0 Å². The molecule has 2 fully saturated rings. The van der Waals surface area contributed by atoms with Gasteiger partial charge in [-0.15, -0.1) is 0 Å². The lowest BCUT2D eigenvalue weighted by molar-refractivity contribution is -0.140. The van der Waals surface area contributed by atoms with Crippen molar-refractivity contribution in [3.05, 3.63) is 53.8 Å². The molecule has 0 unspecified atom stereocenters. The van der Waals surface area contributed by atoms with Gasteiger partial charge in [0.05, 0.1) is 18.7 Å². The van der Waals surface area contributed by atoms with Crippen LogP contribution in [0.5, 0.6) is 0 Å². The van der Waals surface area contributed by atoms with Gasteiger partial charge in [0.15, 0.2) is 0 Å². The minimum atomic E-state index is -0.253. The van der Waals surface area contributed by atoms with E-state index in [1.54, 1.807) is 12.1 Å². The smallest absolute Gasteiger partial charge is 0.226 e. The second-order valence-electron chi connectivity index (χ2n) is 8.96. The summed E-state index contributed by atoms with van der Waals surface area (Å²) < 4.78 is 18.9. The highest BCUT2D eigenvalue weighted by molar-refractivity contribution is 5.81. The van der Waals surface area contributed by atoms with Gasteiger partial charge in [-0.2, -0.15) is 0 Å². The van der Waals surface area contributed by atoms with Gasteiger partial charge in [0.25, 0.3) is 0 Å². The van der Waals surface area contributed by atoms with E-state index in [1.165, 1.54) is 12.1 Å². The number of carbonyl (C=O) groups is 1. The molecule has 31 heavy (non-hydrogen) atoms. The highest BCUT2D eigenvalue weighted by atomic mass is 19.1. The van der Waals surface area contributed by atoms with Crippen molar-refractivity contribution in [3.8, 4) is 11.1 Å². The molecule has 1 N–H and O–H groups in total. The first-order valence-corrected chi connectivity index (χ1v) is 11.2. The van der Waals surface area contributed by atoms with Crippen LogP contribution in [0.4, 0.5) is 10.1 Å². The molecule has 6 heteroatoms. The van der Waals surface area contributed by atoms with Crippen molar-refractivity contribution < 1.29 is 19.0 Å². The van der Waals surface area contributed by atoms with Crippen LogP contribution in [-0.4, -0.2) is 55.4 Å². The first-order chi connectivity index (χ1) is 15.1. The van der Waals surface area contributed by atoms with Crippen LogP contribution in [-0.2, 0) is 9.53 Å². The van der Waals surface area contributed by atoms with Crippen molar-refractivity contribution in [3.63, 3.8) is 0 Å². The fraction of sp³-hybridized carbons (Fsp3) is 0.480. The summed E-state index contributed by atoms with van der Waals surface area (Å²) in [6.45, 7) is 2.07. The lowest BCUT2D eigenvalue weighted by atomic mass is 9.80. The van der Waals surface area contributed by atoms with E-state index in [1.807, 2.05) is 13.1 Å². The maximum atomic E-state index is 13.5. The van der Waals surface area contributed by atoms with Crippen LogP contribution in [0.2, 0.25) is 0 Å². The first-order valence-electron chi connectivity index (χ1n) is 11.2. The Morgan fingerprint density at radius 1 is 1.10 bits per heavy atom. The number of anilines is 1. The fourth-order valence-electron chi connectivity index (χ4n) is 5.70. The van der Waals surface area contributed by atoms with Crippen molar-refractivity contribution in [1.29, 1.82) is 0 Å². The Bertz CT molecular complexity index is 958. The van der Waals surface area contributed by atoms with Crippen LogP contribution in [0.1, 0.15) is 30.9 Å². The van der Waals surface area contributed by atoms with Crippen LogP contribution in [0, 0.1) is 17.7 Å². The average molecular weight is 425 g/mol. The molecule has 2 saturated heterocycles. The van der Waals surface area contributed by atoms with E-state index < -0.39 is 0 Å². The van der Waals surface area contributed by atoms with Gasteiger partial charge in [0, 0.05) is 44.3 Å². The number of hydrogen-bond donors (Lipinski definition) is 1. The summed E-state index contributed by atoms with van der Waals surface area (Å²) in [4.78, 5) is 17.7. The van der Waals surface area contributed by atoms with E-state index in [9.17, 15) is 14.3 Å². The molecule has 3 aliphatic heterocycles. The van der Waals surface area contributed by atoms with Gasteiger partial charge >= 0.3 is 0 Å². The number of hydrogen-bond acceptors (Lipinski definition) is 4. The molecule has 3 aliphatic rings. The zero-order chi connectivity index (χ0) is 21.5. The van der Waals surface area contributed by atoms with Gasteiger partial charge in [0.1, 0.15) is 5.82 Å². The molecule has 0 bridgehead atoms. The number of benzene rings is 2. The van der Waals surface area contributed by atoms with Gasteiger partial charge in [-0.25, -0.2) is 4.39 Å². The quantitative estimate of drug-likeness (QED) is 0.818. The zero-order valence-electron chi connectivity index (χ0n) is 17.8. The zero-order valence-corrected chi connectivity index (χ0v) is 17.8. The number of nitrogens with zero attached hydrogens (tertiary/aromatic N) is 2. The molecule has 0 aliphatic carbocycles. The summed E-state index contributed by atoms with van der Waals surface area (Å²) in [7, 11) is 2.02. The molecule has 164 valence electrons. The SMILES string of the molecule is CN1c2ccc(-c3ccc(F)cc3)cc2[C@H]2[C@H](CCN2C(=O)C2CCOCC2)[C@@H]1CO. The third kappa shape index (κ3) is 3.52. The average Bonchev–Trinajstić information content (AvgIpc) is 3.25. The largest absolute Gasteiger partial charge is 0.394 e. The number of likely N-dealkylation sites (tertiary alicyclic amines) is 1. The minimum Gasteiger partial charge on any atom is -0.394 e. The van der Waals surface area contributed by atoms with E-state index in [0.29, 0.717) is 13.2 Å². The lowest BCUT2D eigenvalue weighted by Gasteiger charge is -2.45. The molecule has 5 rings (SSSR count). The summed E-state index contributed by atoms with van der Waals surface area (Å²) in [5, 5.41) is 10.2. The third-order valence-corrected chi connectivity index (χ3v) is 7.38. The Balaban J connectivity index is 1.55.